The van der Waals surface area contributed by atoms with Crippen molar-refractivity contribution in [2.45, 2.75) is 45.1 Å². The van der Waals surface area contributed by atoms with E-state index in [2.05, 4.69) is 10.4 Å². The lowest BCUT2D eigenvalue weighted by Crippen LogP contribution is -2.38. The molecule has 2 amide bonds. The topological polar surface area (TPSA) is 117 Å². The molecular formula is C18H19F4N5O3. The molecule has 0 unspecified atom stereocenters. The average Bonchev–Trinajstić information content (AvgIpc) is 2.91. The Bertz CT molecular complexity index is 1010. The van der Waals surface area contributed by atoms with E-state index in [9.17, 15) is 32.4 Å². The maximum Gasteiger partial charge on any atom is 0.314 e. The van der Waals surface area contributed by atoms with Crippen LogP contribution in [0.1, 0.15) is 52.0 Å². The van der Waals surface area contributed by atoms with Gasteiger partial charge in [-0.25, -0.2) is 8.78 Å². The zero-order valence-electron chi connectivity index (χ0n) is 16.1. The summed E-state index contributed by atoms with van der Waals surface area (Å²) >= 11 is 0. The largest absolute Gasteiger partial charge is 0.618 e. The van der Waals surface area contributed by atoms with Crippen LogP contribution in [0.15, 0.2) is 18.3 Å². The van der Waals surface area contributed by atoms with Crippen LogP contribution in [0.5, 0.6) is 0 Å². The van der Waals surface area contributed by atoms with Crippen LogP contribution >= 0.6 is 0 Å². The van der Waals surface area contributed by atoms with Gasteiger partial charge in [-0.2, -0.15) is 18.6 Å². The Hall–Kier alpha value is -3.18. The summed E-state index contributed by atoms with van der Waals surface area (Å²) in [4.78, 5) is 24.1. The number of rotatable bonds is 6. The Morgan fingerprint density at radius 3 is 2.60 bits per heavy atom. The van der Waals surface area contributed by atoms with Crippen molar-refractivity contribution in [2.24, 2.45) is 11.7 Å². The standard InChI is InChI=1S/C18H19F4N5O3/c1-9-13(16(29)24-11-3-4-27(30)12(5-11)15(23)28)26(25-14(9)17(2,19)20)8-10-6-18(21,22)7-10/h3-5,10H,6-8H2,1-2H3,(H2,23,28)(H,24,29). The van der Waals surface area contributed by atoms with Crippen LogP contribution in [0.2, 0.25) is 0 Å². The number of nitrogens with two attached hydrogens (primary N) is 1. The first-order valence-corrected chi connectivity index (χ1v) is 8.96. The van der Waals surface area contributed by atoms with Crippen molar-refractivity contribution in [3.05, 3.63) is 46.2 Å². The second-order valence-corrected chi connectivity index (χ2v) is 7.47. The first kappa shape index (κ1) is 21.5. The number of hydrogen-bond donors (Lipinski definition) is 2. The molecule has 0 atom stereocenters. The molecule has 1 aliphatic carbocycles. The van der Waals surface area contributed by atoms with E-state index >= 15 is 0 Å². The number of carbonyl (C=O) groups is 2. The number of carbonyl (C=O) groups excluding carboxylic acids is 2. The van der Waals surface area contributed by atoms with Crippen LogP contribution < -0.4 is 15.8 Å². The molecule has 0 bridgehead atoms. The first-order chi connectivity index (χ1) is 13.8. The molecule has 3 rings (SSSR count). The van der Waals surface area contributed by atoms with Gasteiger partial charge in [0.05, 0.1) is 5.69 Å². The zero-order chi connectivity index (χ0) is 22.4. The van der Waals surface area contributed by atoms with Gasteiger partial charge in [-0.3, -0.25) is 14.3 Å². The van der Waals surface area contributed by atoms with E-state index in [0.29, 0.717) is 6.92 Å². The lowest BCUT2D eigenvalue weighted by atomic mass is 9.81. The second-order valence-electron chi connectivity index (χ2n) is 7.47. The number of nitrogens with zero attached hydrogens (tertiary/aromatic N) is 3. The average molecular weight is 429 g/mol. The van der Waals surface area contributed by atoms with Crippen molar-refractivity contribution in [3.63, 3.8) is 0 Å². The Labute approximate surface area is 168 Å². The molecule has 12 heteroatoms. The molecule has 3 N–H and O–H groups in total. The maximum atomic E-state index is 13.9. The molecule has 0 spiro atoms. The lowest BCUT2D eigenvalue weighted by molar-refractivity contribution is -0.607. The second kappa shape index (κ2) is 7.26. The molecule has 0 saturated heterocycles. The van der Waals surface area contributed by atoms with E-state index in [-0.39, 0.29) is 28.2 Å². The van der Waals surface area contributed by atoms with E-state index in [0.717, 1.165) is 16.9 Å². The van der Waals surface area contributed by atoms with Gasteiger partial charge in [0, 0.05) is 44.0 Å². The molecule has 0 radical (unpaired) electrons. The van der Waals surface area contributed by atoms with Crippen molar-refractivity contribution in [2.75, 3.05) is 5.32 Å². The Morgan fingerprint density at radius 1 is 1.43 bits per heavy atom. The van der Waals surface area contributed by atoms with E-state index in [1.54, 1.807) is 0 Å². The van der Waals surface area contributed by atoms with Crippen LogP contribution in [0.4, 0.5) is 23.2 Å². The molecule has 1 aliphatic rings. The summed E-state index contributed by atoms with van der Waals surface area (Å²) in [6.45, 7) is 1.78. The van der Waals surface area contributed by atoms with Gasteiger partial charge in [-0.1, -0.05) is 0 Å². The minimum Gasteiger partial charge on any atom is -0.618 e. The van der Waals surface area contributed by atoms with Crippen LogP contribution in [-0.2, 0) is 12.5 Å². The number of halogens is 4. The number of aromatic nitrogens is 3. The summed E-state index contributed by atoms with van der Waals surface area (Å²) in [5, 5.41) is 17.8. The number of anilines is 1. The smallest absolute Gasteiger partial charge is 0.314 e. The molecule has 1 fully saturated rings. The normalized spacial score (nSPS) is 16.2. The van der Waals surface area contributed by atoms with Crippen LogP contribution in [0, 0.1) is 18.0 Å². The van der Waals surface area contributed by atoms with Gasteiger partial charge in [-0.15, -0.1) is 0 Å². The highest BCUT2D eigenvalue weighted by atomic mass is 19.3. The van der Waals surface area contributed by atoms with Crippen molar-refractivity contribution >= 4 is 17.5 Å². The Balaban J connectivity index is 1.93. The van der Waals surface area contributed by atoms with E-state index in [1.165, 1.54) is 13.0 Å². The number of nitrogens with one attached hydrogen (secondary N) is 1. The van der Waals surface area contributed by atoms with Crippen molar-refractivity contribution in [1.29, 1.82) is 0 Å². The number of primary amides is 1. The van der Waals surface area contributed by atoms with Gasteiger partial charge in [0.1, 0.15) is 11.4 Å². The highest BCUT2D eigenvalue weighted by molar-refractivity contribution is 6.04. The van der Waals surface area contributed by atoms with Crippen LogP contribution in [0.3, 0.4) is 0 Å². The number of amides is 2. The first-order valence-electron chi connectivity index (χ1n) is 8.96. The van der Waals surface area contributed by atoms with Gasteiger partial charge in [0.15, 0.2) is 6.20 Å². The molecule has 30 heavy (non-hydrogen) atoms. The molecule has 162 valence electrons. The third-order valence-corrected chi connectivity index (χ3v) is 4.86. The summed E-state index contributed by atoms with van der Waals surface area (Å²) in [7, 11) is 0. The molecule has 2 aromatic rings. The third kappa shape index (κ3) is 4.21. The summed E-state index contributed by atoms with van der Waals surface area (Å²) < 4.78 is 55.4. The minimum atomic E-state index is -3.35. The summed E-state index contributed by atoms with van der Waals surface area (Å²) in [5.41, 5.74) is 3.72. The predicted octanol–water partition coefficient (Wildman–Crippen LogP) is 2.33. The summed E-state index contributed by atoms with van der Waals surface area (Å²) in [6.07, 6.45) is 0.103. The third-order valence-electron chi connectivity index (χ3n) is 4.86. The van der Waals surface area contributed by atoms with Gasteiger partial charge in [-0.05, 0) is 12.8 Å². The maximum absolute atomic E-state index is 13.9. The number of hydrogen-bond acceptors (Lipinski definition) is 4. The fourth-order valence-corrected chi connectivity index (χ4v) is 3.48. The zero-order valence-corrected chi connectivity index (χ0v) is 16.1. The fourth-order valence-electron chi connectivity index (χ4n) is 3.48. The SMILES string of the molecule is Cc1c(C(C)(F)F)nn(CC2CC(F)(F)C2)c1C(=O)Nc1cc[n+]([O-])c(C(N)=O)c1. The van der Waals surface area contributed by atoms with Gasteiger partial charge in [0.2, 0.25) is 5.92 Å². The molecular weight excluding hydrogens is 410 g/mol. The highest BCUT2D eigenvalue weighted by Gasteiger charge is 2.46. The van der Waals surface area contributed by atoms with Gasteiger partial charge in [0.25, 0.3) is 17.5 Å². The van der Waals surface area contributed by atoms with Crippen molar-refractivity contribution in [3.8, 4) is 0 Å². The van der Waals surface area contributed by atoms with Crippen LogP contribution in [0.25, 0.3) is 0 Å². The van der Waals surface area contributed by atoms with Gasteiger partial charge >= 0.3 is 5.91 Å². The van der Waals surface area contributed by atoms with E-state index < -0.39 is 53.8 Å². The minimum absolute atomic E-state index is 0.0213. The monoisotopic (exact) mass is 429 g/mol. The Kier molecular flexibility index (Phi) is 5.21. The molecule has 0 aromatic carbocycles. The predicted molar refractivity (Wildman–Crippen MR) is 96.1 cm³/mol. The number of alkyl halides is 4. The van der Waals surface area contributed by atoms with E-state index in [4.69, 9.17) is 5.73 Å². The lowest BCUT2D eigenvalue weighted by Gasteiger charge is -2.35. The van der Waals surface area contributed by atoms with Crippen molar-refractivity contribution < 1.29 is 31.9 Å². The fraction of sp³-hybridized carbons (Fsp3) is 0.444. The highest BCUT2D eigenvalue weighted by Crippen LogP contribution is 2.43. The molecule has 0 aliphatic heterocycles. The quantitative estimate of drug-likeness (QED) is 0.416. The summed E-state index contributed by atoms with van der Waals surface area (Å²) in [5.74, 6) is -8.55. The van der Waals surface area contributed by atoms with Crippen LogP contribution in [-0.4, -0.2) is 27.5 Å². The van der Waals surface area contributed by atoms with Gasteiger partial charge < -0.3 is 16.3 Å². The summed E-state index contributed by atoms with van der Waals surface area (Å²) in [6, 6.07) is 2.22. The van der Waals surface area contributed by atoms with E-state index in [1.807, 2.05) is 0 Å². The molecule has 2 aromatic heterocycles. The molecule has 8 nitrogen and oxygen atoms in total. The van der Waals surface area contributed by atoms with Crippen molar-refractivity contribution in [1.82, 2.24) is 9.78 Å². The molecule has 1 saturated carbocycles. The Morgan fingerprint density at radius 2 is 2.07 bits per heavy atom. The molecule has 2 heterocycles. The number of pyridine rings is 1.